The lowest BCUT2D eigenvalue weighted by atomic mass is 10.0. The second-order valence-electron chi connectivity index (χ2n) is 9.02. The van der Waals surface area contributed by atoms with Crippen LogP contribution < -0.4 is 10.2 Å². The van der Waals surface area contributed by atoms with Crippen molar-refractivity contribution in [2.75, 3.05) is 24.5 Å². The smallest absolute Gasteiger partial charge is 0.160 e. The fourth-order valence-electron chi connectivity index (χ4n) is 5.11. The molecule has 0 aliphatic carbocycles. The lowest BCUT2D eigenvalue weighted by molar-refractivity contribution is 0.343. The van der Waals surface area contributed by atoms with Crippen molar-refractivity contribution in [3.05, 3.63) is 60.1 Å². The number of H-pyrrole nitrogens is 1. The quantitative estimate of drug-likeness (QED) is 0.468. The van der Waals surface area contributed by atoms with Crippen LogP contribution in [0.3, 0.4) is 0 Å². The largest absolute Gasteiger partial charge is 0.344 e. The molecule has 5 heterocycles. The summed E-state index contributed by atoms with van der Waals surface area (Å²) in [7, 11) is 0. The number of fused-ring (bicyclic) bond motifs is 1. The van der Waals surface area contributed by atoms with Crippen LogP contribution in [0.4, 0.5) is 19.0 Å². The molecule has 7 nitrogen and oxygen atoms in total. The Labute approximate surface area is 194 Å². The topological polar surface area (TPSA) is 74.7 Å². The zero-order valence-corrected chi connectivity index (χ0v) is 18.4. The Morgan fingerprint density at radius 3 is 2.74 bits per heavy atom. The van der Waals surface area contributed by atoms with Crippen molar-refractivity contribution in [2.24, 2.45) is 0 Å². The molecule has 3 aromatic heterocycles. The molecular formula is C24H24F3N7. The van der Waals surface area contributed by atoms with Gasteiger partial charge in [-0.15, -0.1) is 0 Å². The highest BCUT2D eigenvalue weighted by atomic mass is 19.1. The highest BCUT2D eigenvalue weighted by molar-refractivity contribution is 5.91. The lowest BCUT2D eigenvalue weighted by Crippen LogP contribution is -2.29. The molecule has 0 saturated carbocycles. The van der Waals surface area contributed by atoms with E-state index in [0.717, 1.165) is 55.3 Å². The number of pyridine rings is 1. The third-order valence-electron chi connectivity index (χ3n) is 6.85. The Morgan fingerprint density at radius 2 is 1.88 bits per heavy atom. The van der Waals surface area contributed by atoms with E-state index in [0.29, 0.717) is 22.9 Å². The van der Waals surface area contributed by atoms with Gasteiger partial charge >= 0.3 is 0 Å². The minimum Gasteiger partial charge on any atom is -0.344 e. The van der Waals surface area contributed by atoms with E-state index in [4.69, 9.17) is 0 Å². The molecule has 0 radical (unpaired) electrons. The standard InChI is InChI=1S/C24H24F3N7/c25-16-1-2-21(27)19(8-16)22-9-17(26)13-33(22)24-20-7-14(10-29-23(20)31-32-24)15-11-30-34(12-15)18-3-5-28-6-4-18/h1-2,7-8,10-12,17-18,22,28H,3-6,9,13H2,(H,29,31,32)/t17-,22+/m0/s1. The molecule has 2 aliphatic rings. The number of nitrogens with zero attached hydrogens (tertiary/aromatic N) is 5. The van der Waals surface area contributed by atoms with E-state index in [-0.39, 0.29) is 18.5 Å². The first-order chi connectivity index (χ1) is 16.6. The van der Waals surface area contributed by atoms with Gasteiger partial charge in [0.05, 0.1) is 30.2 Å². The molecule has 0 unspecified atom stereocenters. The van der Waals surface area contributed by atoms with Gasteiger partial charge in [-0.1, -0.05) is 0 Å². The first kappa shape index (κ1) is 21.2. The third-order valence-corrected chi connectivity index (χ3v) is 6.85. The highest BCUT2D eigenvalue weighted by Gasteiger charge is 2.37. The second-order valence-corrected chi connectivity index (χ2v) is 9.02. The number of anilines is 1. The summed E-state index contributed by atoms with van der Waals surface area (Å²) in [6.07, 6.45) is 6.53. The van der Waals surface area contributed by atoms with Crippen molar-refractivity contribution < 1.29 is 13.2 Å². The number of hydrogen-bond donors (Lipinski definition) is 2. The predicted octanol–water partition coefficient (Wildman–Crippen LogP) is 4.31. The summed E-state index contributed by atoms with van der Waals surface area (Å²) < 4.78 is 45.0. The number of aromatic nitrogens is 5. The molecule has 0 amide bonds. The Hall–Kier alpha value is -3.40. The molecule has 1 aromatic carbocycles. The molecule has 2 saturated heterocycles. The van der Waals surface area contributed by atoms with E-state index in [2.05, 4.69) is 25.6 Å². The van der Waals surface area contributed by atoms with Crippen LogP contribution in [0.15, 0.2) is 42.9 Å². The molecule has 176 valence electrons. The van der Waals surface area contributed by atoms with Gasteiger partial charge in [-0.05, 0) is 50.2 Å². The van der Waals surface area contributed by atoms with Gasteiger partial charge < -0.3 is 10.2 Å². The molecule has 0 spiro atoms. The van der Waals surface area contributed by atoms with Crippen LogP contribution in [-0.2, 0) is 0 Å². The molecule has 2 aliphatic heterocycles. The summed E-state index contributed by atoms with van der Waals surface area (Å²) in [5.74, 6) is -0.640. The van der Waals surface area contributed by atoms with E-state index in [1.54, 1.807) is 11.1 Å². The first-order valence-electron chi connectivity index (χ1n) is 11.5. The molecule has 2 fully saturated rings. The van der Waals surface area contributed by atoms with Crippen LogP contribution in [0.25, 0.3) is 22.2 Å². The Kier molecular flexibility index (Phi) is 5.24. The number of alkyl halides is 1. The first-order valence-corrected chi connectivity index (χ1v) is 11.5. The third kappa shape index (κ3) is 3.71. The number of rotatable bonds is 4. The summed E-state index contributed by atoms with van der Waals surface area (Å²) in [6, 6.07) is 4.92. The fourth-order valence-corrected chi connectivity index (χ4v) is 5.11. The van der Waals surface area contributed by atoms with Gasteiger partial charge in [-0.3, -0.25) is 9.78 Å². The number of nitrogens with one attached hydrogen (secondary N) is 2. The van der Waals surface area contributed by atoms with Crippen molar-refractivity contribution in [3.8, 4) is 11.1 Å². The van der Waals surface area contributed by atoms with E-state index in [9.17, 15) is 13.2 Å². The lowest BCUT2D eigenvalue weighted by Gasteiger charge is -2.25. The van der Waals surface area contributed by atoms with Gasteiger partial charge in [0.15, 0.2) is 11.5 Å². The normalized spacial score (nSPS) is 21.6. The van der Waals surface area contributed by atoms with E-state index in [1.165, 1.54) is 0 Å². The molecule has 2 N–H and O–H groups in total. The van der Waals surface area contributed by atoms with Gasteiger partial charge in [-0.2, -0.15) is 10.2 Å². The van der Waals surface area contributed by atoms with Gasteiger partial charge in [0.1, 0.15) is 17.8 Å². The molecule has 34 heavy (non-hydrogen) atoms. The van der Waals surface area contributed by atoms with E-state index in [1.807, 2.05) is 23.1 Å². The summed E-state index contributed by atoms with van der Waals surface area (Å²) in [5.41, 5.74) is 2.46. The minimum absolute atomic E-state index is 0.0401. The highest BCUT2D eigenvalue weighted by Crippen LogP contribution is 2.40. The molecule has 6 rings (SSSR count). The number of halogens is 3. The molecule has 2 atom stereocenters. The average Bonchev–Trinajstić information content (AvgIpc) is 3.59. The maximum Gasteiger partial charge on any atom is 0.160 e. The zero-order valence-electron chi connectivity index (χ0n) is 18.4. The number of hydrogen-bond acceptors (Lipinski definition) is 5. The predicted molar refractivity (Wildman–Crippen MR) is 122 cm³/mol. The van der Waals surface area contributed by atoms with Crippen LogP contribution in [0.5, 0.6) is 0 Å². The fraction of sp³-hybridized carbons (Fsp3) is 0.375. The van der Waals surface area contributed by atoms with Crippen LogP contribution >= 0.6 is 0 Å². The SMILES string of the molecule is Fc1ccc(F)c([C@H]2C[C@H](F)CN2c2n[nH]c3ncc(-c4cnn(C5CCNCC5)c4)cc23)c1. The van der Waals surface area contributed by atoms with Crippen molar-refractivity contribution in [1.82, 2.24) is 30.3 Å². The summed E-state index contributed by atoms with van der Waals surface area (Å²) in [6.45, 7) is 1.99. The van der Waals surface area contributed by atoms with Crippen LogP contribution in [0.1, 0.15) is 36.9 Å². The monoisotopic (exact) mass is 467 g/mol. The zero-order chi connectivity index (χ0) is 23.2. The summed E-state index contributed by atoms with van der Waals surface area (Å²) >= 11 is 0. The average molecular weight is 467 g/mol. The summed E-state index contributed by atoms with van der Waals surface area (Å²) in [5, 5.41) is 15.9. The van der Waals surface area contributed by atoms with Crippen molar-refractivity contribution in [2.45, 2.75) is 37.5 Å². The molecule has 0 bridgehead atoms. The van der Waals surface area contributed by atoms with Gasteiger partial charge in [0.25, 0.3) is 0 Å². The molecule has 4 aromatic rings. The summed E-state index contributed by atoms with van der Waals surface area (Å²) in [4.78, 5) is 6.20. The molecule has 10 heteroatoms. The second kappa shape index (κ2) is 8.43. The van der Waals surface area contributed by atoms with E-state index >= 15 is 0 Å². The van der Waals surface area contributed by atoms with Crippen LogP contribution in [0.2, 0.25) is 0 Å². The van der Waals surface area contributed by atoms with Crippen LogP contribution in [-0.4, -0.2) is 50.8 Å². The van der Waals surface area contributed by atoms with Crippen molar-refractivity contribution in [3.63, 3.8) is 0 Å². The van der Waals surface area contributed by atoms with E-state index < -0.39 is 23.8 Å². The van der Waals surface area contributed by atoms with Gasteiger partial charge in [0, 0.05) is 35.5 Å². The number of benzene rings is 1. The van der Waals surface area contributed by atoms with Gasteiger partial charge in [-0.25, -0.2) is 18.2 Å². The van der Waals surface area contributed by atoms with Crippen molar-refractivity contribution >= 4 is 16.9 Å². The van der Waals surface area contributed by atoms with Crippen molar-refractivity contribution in [1.29, 1.82) is 0 Å². The number of piperidine rings is 1. The Morgan fingerprint density at radius 1 is 1.03 bits per heavy atom. The Balaban J connectivity index is 1.36. The Bertz CT molecular complexity index is 1330. The minimum atomic E-state index is -1.18. The maximum absolute atomic E-state index is 14.5. The maximum atomic E-state index is 14.5. The van der Waals surface area contributed by atoms with Crippen LogP contribution in [0, 0.1) is 11.6 Å². The number of aromatic amines is 1. The molecular weight excluding hydrogens is 443 g/mol. The van der Waals surface area contributed by atoms with Gasteiger partial charge in [0.2, 0.25) is 0 Å².